The molecule has 0 amide bonds. The first kappa shape index (κ1) is 37.0. The van der Waals surface area contributed by atoms with Gasteiger partial charge in [0.15, 0.2) is 0 Å². The van der Waals surface area contributed by atoms with Crippen LogP contribution in [0, 0.1) is 11.8 Å². The lowest BCUT2D eigenvalue weighted by molar-refractivity contribution is -0.405. The van der Waals surface area contributed by atoms with Crippen molar-refractivity contribution in [2.45, 2.75) is 66.5 Å². The second-order valence-electron chi connectivity index (χ2n) is 8.86. The Labute approximate surface area is 219 Å². The van der Waals surface area contributed by atoms with Crippen molar-refractivity contribution in [2.75, 3.05) is 13.2 Å². The monoisotopic (exact) mass is 660 g/mol. The van der Waals surface area contributed by atoms with Crippen molar-refractivity contribution in [3.8, 4) is 0 Å². The highest BCUT2D eigenvalue weighted by Gasteiger charge is 2.78. The maximum atomic E-state index is 13.4. The molecule has 41 heavy (non-hydrogen) atoms. The molecular formula is C18H18F14O8S. The summed E-state index contributed by atoms with van der Waals surface area (Å²) in [5.74, 6) is -9.31. The molecule has 0 aromatic carbocycles. The maximum absolute atomic E-state index is 13.4. The van der Waals surface area contributed by atoms with E-state index in [0.717, 1.165) is 0 Å². The molecule has 1 fully saturated rings. The van der Waals surface area contributed by atoms with Gasteiger partial charge in [0.25, 0.3) is 11.2 Å². The molecule has 242 valence electrons. The summed E-state index contributed by atoms with van der Waals surface area (Å²) < 4.78 is 224. The van der Waals surface area contributed by atoms with Crippen LogP contribution in [-0.4, -0.2) is 89.6 Å². The highest BCUT2D eigenvalue weighted by atomic mass is 32.2. The standard InChI is InChI=1S/C18H18F14O8S/c1-7(5-39-6-12(19,20)41(36,37)38)11(33)40-10-3-8(13(34,15(21,22)23)16(24,25)26)2-9(4-10)14(35,17(27,28)29)18(30,31)32/h8-10,34-35H,1-6H2,(H,36,37,38). The molecule has 2 unspecified atom stereocenters. The first-order chi connectivity index (χ1) is 17.8. The normalized spacial score (nSPS) is 22.4. The van der Waals surface area contributed by atoms with Gasteiger partial charge < -0.3 is 19.7 Å². The number of rotatable bonds is 9. The van der Waals surface area contributed by atoms with Crippen molar-refractivity contribution in [3.63, 3.8) is 0 Å². The molecular weight excluding hydrogens is 642 g/mol. The topological polar surface area (TPSA) is 130 Å². The molecule has 0 radical (unpaired) electrons. The average Bonchev–Trinajstić information content (AvgIpc) is 2.73. The van der Waals surface area contributed by atoms with E-state index in [2.05, 4.69) is 16.1 Å². The predicted molar refractivity (Wildman–Crippen MR) is 101 cm³/mol. The molecule has 0 aromatic heterocycles. The Morgan fingerprint density at radius 1 is 0.732 bits per heavy atom. The summed E-state index contributed by atoms with van der Waals surface area (Å²) in [5.41, 5.74) is -13.1. The Morgan fingerprint density at radius 3 is 1.37 bits per heavy atom. The smallest absolute Gasteiger partial charge is 0.426 e. The average molecular weight is 660 g/mol. The van der Waals surface area contributed by atoms with Crippen LogP contribution in [0.15, 0.2) is 12.2 Å². The number of hydrogen-bond acceptors (Lipinski definition) is 7. The molecule has 8 nitrogen and oxygen atoms in total. The van der Waals surface area contributed by atoms with E-state index in [4.69, 9.17) is 4.55 Å². The van der Waals surface area contributed by atoms with Crippen LogP contribution in [0.4, 0.5) is 61.5 Å². The first-order valence-corrected chi connectivity index (χ1v) is 11.8. The summed E-state index contributed by atoms with van der Waals surface area (Å²) in [5, 5.41) is 14.2. The summed E-state index contributed by atoms with van der Waals surface area (Å²) in [4.78, 5) is 12.1. The number of ether oxygens (including phenoxy) is 2. The zero-order chi connectivity index (χ0) is 32.8. The SMILES string of the molecule is C=C(COCC(F)(F)S(=O)(=O)O)C(=O)OC1CC(C(O)(C(F)(F)F)C(F)(F)F)CC(C(O)(C(F)(F)F)C(F)(F)F)C1. The van der Waals surface area contributed by atoms with Crippen molar-refractivity contribution < 1.29 is 98.9 Å². The number of halogens is 14. The molecule has 1 aliphatic rings. The quantitative estimate of drug-likeness (QED) is 0.146. The summed E-state index contributed by atoms with van der Waals surface area (Å²) in [6, 6.07) is 0. The fourth-order valence-electron chi connectivity index (χ4n) is 3.95. The van der Waals surface area contributed by atoms with Crippen molar-refractivity contribution in [3.05, 3.63) is 12.2 Å². The van der Waals surface area contributed by atoms with E-state index in [9.17, 15) is 84.9 Å². The molecule has 1 rings (SSSR count). The Kier molecular flexibility index (Phi) is 10.2. The second kappa shape index (κ2) is 11.3. The molecule has 1 aliphatic carbocycles. The third-order valence-corrected chi connectivity index (χ3v) is 6.93. The molecule has 2 atom stereocenters. The summed E-state index contributed by atoms with van der Waals surface area (Å²) in [6.07, 6.45) is -36.0. The number of carbonyl (C=O) groups excluding carboxylic acids is 1. The lowest BCUT2D eigenvalue weighted by Crippen LogP contribution is -2.67. The zero-order valence-corrected chi connectivity index (χ0v) is 20.4. The van der Waals surface area contributed by atoms with Crippen LogP contribution in [0.3, 0.4) is 0 Å². The number of hydrogen-bond donors (Lipinski definition) is 3. The van der Waals surface area contributed by atoms with Gasteiger partial charge in [0, 0.05) is 11.8 Å². The van der Waals surface area contributed by atoms with E-state index in [1.165, 1.54) is 0 Å². The van der Waals surface area contributed by atoms with Gasteiger partial charge in [0.05, 0.1) is 12.2 Å². The van der Waals surface area contributed by atoms with Crippen LogP contribution in [0.2, 0.25) is 0 Å². The molecule has 1 saturated carbocycles. The van der Waals surface area contributed by atoms with Crippen LogP contribution in [0.25, 0.3) is 0 Å². The van der Waals surface area contributed by atoms with Gasteiger partial charge >= 0.3 is 46.0 Å². The van der Waals surface area contributed by atoms with Crippen molar-refractivity contribution >= 4 is 16.1 Å². The number of esters is 1. The third kappa shape index (κ3) is 7.33. The van der Waals surface area contributed by atoms with E-state index in [-0.39, 0.29) is 0 Å². The lowest BCUT2D eigenvalue weighted by Gasteiger charge is -2.48. The van der Waals surface area contributed by atoms with Crippen molar-refractivity contribution in [1.82, 2.24) is 0 Å². The van der Waals surface area contributed by atoms with Gasteiger partial charge in [-0.25, -0.2) is 4.79 Å². The van der Waals surface area contributed by atoms with E-state index in [0.29, 0.717) is 0 Å². The number of aliphatic hydroxyl groups is 2. The molecule has 0 aliphatic heterocycles. The van der Waals surface area contributed by atoms with Crippen LogP contribution in [0.1, 0.15) is 19.3 Å². The van der Waals surface area contributed by atoms with Gasteiger partial charge in [-0.3, -0.25) is 4.55 Å². The highest BCUT2D eigenvalue weighted by Crippen LogP contribution is 2.57. The van der Waals surface area contributed by atoms with E-state index in [1.54, 1.807) is 0 Å². The third-order valence-electron chi connectivity index (χ3n) is 6.06. The Morgan fingerprint density at radius 2 is 1.07 bits per heavy atom. The van der Waals surface area contributed by atoms with Gasteiger partial charge in [-0.15, -0.1) is 0 Å². The molecule has 0 spiro atoms. The van der Waals surface area contributed by atoms with Gasteiger partial charge in [-0.2, -0.15) is 69.9 Å². The minimum Gasteiger partial charge on any atom is -0.459 e. The molecule has 0 saturated heterocycles. The Balaban J connectivity index is 3.44. The van der Waals surface area contributed by atoms with Gasteiger partial charge in [-0.1, -0.05) is 6.58 Å². The molecule has 0 bridgehead atoms. The van der Waals surface area contributed by atoms with Gasteiger partial charge in [-0.05, 0) is 19.3 Å². The van der Waals surface area contributed by atoms with Crippen molar-refractivity contribution in [1.29, 1.82) is 0 Å². The Bertz CT molecular complexity index is 1000. The highest BCUT2D eigenvalue weighted by molar-refractivity contribution is 7.86. The zero-order valence-electron chi connectivity index (χ0n) is 19.6. The summed E-state index contributed by atoms with van der Waals surface area (Å²) in [7, 11) is -6.05. The minimum atomic E-state index is -6.77. The first-order valence-electron chi connectivity index (χ1n) is 10.4. The van der Waals surface area contributed by atoms with Crippen LogP contribution in [0.5, 0.6) is 0 Å². The van der Waals surface area contributed by atoms with Crippen LogP contribution < -0.4 is 0 Å². The molecule has 0 heterocycles. The predicted octanol–water partition coefficient (Wildman–Crippen LogP) is 4.08. The van der Waals surface area contributed by atoms with Gasteiger partial charge in [0.2, 0.25) is 0 Å². The molecule has 0 aromatic rings. The van der Waals surface area contributed by atoms with Gasteiger partial charge in [0.1, 0.15) is 12.7 Å². The molecule has 23 heteroatoms. The van der Waals surface area contributed by atoms with Crippen molar-refractivity contribution in [2.24, 2.45) is 11.8 Å². The van der Waals surface area contributed by atoms with E-state index < -0.39 is 113 Å². The van der Waals surface area contributed by atoms with E-state index >= 15 is 0 Å². The fourth-order valence-corrected chi connectivity index (χ4v) is 4.19. The largest absolute Gasteiger partial charge is 0.459 e. The Hall–Kier alpha value is -1.98. The lowest BCUT2D eigenvalue weighted by atomic mass is 9.65. The minimum absolute atomic E-state index is 1.21. The second-order valence-corrected chi connectivity index (χ2v) is 10.4. The maximum Gasteiger partial charge on any atom is 0.426 e. The number of carbonyl (C=O) groups is 1. The van der Waals surface area contributed by atoms with Crippen LogP contribution >= 0.6 is 0 Å². The number of alkyl halides is 14. The summed E-state index contributed by atoms with van der Waals surface area (Å²) >= 11 is 0. The molecule has 3 N–H and O–H groups in total. The fraction of sp³-hybridized carbons (Fsp3) is 0.833. The van der Waals surface area contributed by atoms with Crippen LogP contribution in [-0.2, 0) is 24.4 Å². The van der Waals surface area contributed by atoms with E-state index in [1.807, 2.05) is 0 Å². The summed E-state index contributed by atoms with van der Waals surface area (Å²) in [6.45, 7) is -0.812.